The summed E-state index contributed by atoms with van der Waals surface area (Å²) in [6.07, 6.45) is 18.2. The minimum atomic E-state index is -0.766. The molecule has 3 unspecified atom stereocenters. The van der Waals surface area contributed by atoms with Crippen molar-refractivity contribution < 1.29 is 34.0 Å². The van der Waals surface area contributed by atoms with E-state index in [0.717, 1.165) is 77.4 Å². The van der Waals surface area contributed by atoms with Crippen LogP contribution in [-0.4, -0.2) is 60.3 Å². The number of aliphatic hydroxyl groups excluding tert-OH is 1. The predicted molar refractivity (Wildman–Crippen MR) is 154 cm³/mol. The summed E-state index contributed by atoms with van der Waals surface area (Å²) in [7, 11) is 0. The highest BCUT2D eigenvalue weighted by atomic mass is 16.7. The Hall–Kier alpha value is -2.03. The largest absolute Gasteiger partial charge is 0.481 e. The Labute approximate surface area is 239 Å². The normalized spacial score (nSPS) is 30.2. The molecule has 40 heavy (non-hydrogen) atoms. The molecule has 1 saturated carbocycles. The summed E-state index contributed by atoms with van der Waals surface area (Å²) >= 11 is 0. The fourth-order valence-corrected chi connectivity index (χ4v) is 6.01. The van der Waals surface area contributed by atoms with Crippen molar-refractivity contribution in [3.05, 3.63) is 60.2 Å². The number of allylic oxidation sites excluding steroid dienone is 2. The minimum Gasteiger partial charge on any atom is -0.481 e. The number of hydrogen-bond acceptors (Lipinski definition) is 6. The van der Waals surface area contributed by atoms with Gasteiger partial charge in [0.15, 0.2) is 12.6 Å². The molecule has 2 heterocycles. The lowest BCUT2D eigenvalue weighted by Gasteiger charge is -2.30. The van der Waals surface area contributed by atoms with Crippen molar-refractivity contribution in [2.24, 2.45) is 11.8 Å². The quantitative estimate of drug-likeness (QED) is 0.196. The van der Waals surface area contributed by atoms with Gasteiger partial charge in [0, 0.05) is 32.0 Å². The van der Waals surface area contributed by atoms with Gasteiger partial charge in [0.25, 0.3) is 0 Å². The number of aryl methyl sites for hydroxylation is 1. The first-order chi connectivity index (χ1) is 19.6. The molecule has 1 aromatic rings. The zero-order valence-electron chi connectivity index (χ0n) is 23.8. The van der Waals surface area contributed by atoms with E-state index in [1.165, 1.54) is 5.56 Å². The summed E-state index contributed by atoms with van der Waals surface area (Å²) in [4.78, 5) is 10.8. The molecule has 222 valence electrons. The molecule has 0 aromatic heterocycles. The minimum absolute atomic E-state index is 0.0151. The lowest BCUT2D eigenvalue weighted by molar-refractivity contribution is -0.193. The maximum Gasteiger partial charge on any atom is 0.303 e. The fourth-order valence-electron chi connectivity index (χ4n) is 6.01. The van der Waals surface area contributed by atoms with Crippen LogP contribution in [-0.2, 0) is 30.2 Å². The summed E-state index contributed by atoms with van der Waals surface area (Å²) in [5.74, 6) is -0.724. The highest BCUT2D eigenvalue weighted by Crippen LogP contribution is 2.39. The Morgan fingerprint density at radius 3 is 2.48 bits per heavy atom. The Balaban J connectivity index is 1.44. The molecule has 1 aliphatic carbocycles. The molecule has 0 amide bonds. The molecule has 3 fully saturated rings. The SMILES string of the molecule is O=C(O)CCC/C=C\C[C@H]1[C@@H](O)CC(OC2CCCCO2)[C@@H]1/C=C/[C@H](CCc1ccccc1)OC1CCCCO1. The number of unbranched alkanes of at least 4 members (excludes halogenated alkanes) is 1. The molecule has 1 aromatic carbocycles. The topological polar surface area (TPSA) is 94.5 Å². The van der Waals surface area contributed by atoms with Crippen LogP contribution in [0.25, 0.3) is 0 Å². The summed E-state index contributed by atoms with van der Waals surface area (Å²) < 4.78 is 24.7. The average molecular weight is 557 g/mol. The molecule has 0 spiro atoms. The zero-order valence-corrected chi connectivity index (χ0v) is 23.8. The van der Waals surface area contributed by atoms with Crippen LogP contribution < -0.4 is 0 Å². The molecule has 0 radical (unpaired) electrons. The monoisotopic (exact) mass is 556 g/mol. The van der Waals surface area contributed by atoms with Crippen LogP contribution in [0.2, 0.25) is 0 Å². The number of carbonyl (C=O) groups is 1. The van der Waals surface area contributed by atoms with Crippen molar-refractivity contribution >= 4 is 5.97 Å². The molecule has 2 aliphatic heterocycles. The molecule has 3 aliphatic rings. The van der Waals surface area contributed by atoms with Gasteiger partial charge in [0.05, 0.1) is 18.3 Å². The van der Waals surface area contributed by atoms with Gasteiger partial charge in [-0.2, -0.15) is 0 Å². The maximum absolute atomic E-state index is 11.1. The van der Waals surface area contributed by atoms with Crippen LogP contribution >= 0.6 is 0 Å². The van der Waals surface area contributed by atoms with E-state index in [9.17, 15) is 9.90 Å². The van der Waals surface area contributed by atoms with Gasteiger partial charge in [0.2, 0.25) is 0 Å². The molecule has 2 N–H and O–H groups in total. The molecular weight excluding hydrogens is 508 g/mol. The molecule has 7 nitrogen and oxygen atoms in total. The smallest absolute Gasteiger partial charge is 0.303 e. The van der Waals surface area contributed by atoms with Crippen molar-refractivity contribution in [1.82, 2.24) is 0 Å². The highest BCUT2D eigenvalue weighted by Gasteiger charge is 2.42. The van der Waals surface area contributed by atoms with E-state index in [0.29, 0.717) is 12.8 Å². The number of carboxylic acids is 1. The molecule has 7 atom stereocenters. The molecule has 0 bridgehead atoms. The van der Waals surface area contributed by atoms with Crippen molar-refractivity contribution in [2.45, 2.75) is 114 Å². The fraction of sp³-hybridized carbons (Fsp3) is 0.667. The van der Waals surface area contributed by atoms with Crippen LogP contribution in [0.3, 0.4) is 0 Å². The number of rotatable bonds is 15. The third-order valence-electron chi connectivity index (χ3n) is 8.27. The number of hydrogen-bond donors (Lipinski definition) is 2. The first kappa shape index (κ1) is 30.9. The van der Waals surface area contributed by atoms with Crippen LogP contribution in [0.5, 0.6) is 0 Å². The third kappa shape index (κ3) is 10.4. The summed E-state index contributed by atoms with van der Waals surface area (Å²) in [6.45, 7) is 1.46. The number of carboxylic acid groups (broad SMARTS) is 1. The van der Waals surface area contributed by atoms with E-state index >= 15 is 0 Å². The first-order valence-electron chi connectivity index (χ1n) is 15.4. The Morgan fingerprint density at radius 2 is 1.77 bits per heavy atom. The third-order valence-corrected chi connectivity index (χ3v) is 8.27. The lowest BCUT2D eigenvalue weighted by atomic mass is 9.89. The van der Waals surface area contributed by atoms with E-state index in [4.69, 9.17) is 24.1 Å². The van der Waals surface area contributed by atoms with Gasteiger partial charge in [-0.1, -0.05) is 54.6 Å². The van der Waals surface area contributed by atoms with Crippen LogP contribution in [0.1, 0.15) is 82.6 Å². The van der Waals surface area contributed by atoms with E-state index in [1.54, 1.807) is 0 Å². The standard InChI is InChI=1S/C33H48O7/c34-29-24-30(40-33-17-9-11-23-38-33)28(27(29)14-6-1-2-7-15-31(35)36)21-20-26(39-32-16-8-10-22-37-32)19-18-25-12-4-3-5-13-25/h1,3-6,12-13,20-21,26-30,32-34H,2,7-11,14-19,22-24H2,(H,35,36)/b6-1-,21-20+/t26-,27+,28+,29-,30?,32?,33?/m0/s1. The van der Waals surface area contributed by atoms with Gasteiger partial charge in [-0.15, -0.1) is 0 Å². The van der Waals surface area contributed by atoms with Crippen LogP contribution in [0.4, 0.5) is 0 Å². The van der Waals surface area contributed by atoms with Crippen molar-refractivity contribution in [2.75, 3.05) is 13.2 Å². The van der Waals surface area contributed by atoms with Gasteiger partial charge in [-0.25, -0.2) is 0 Å². The van der Waals surface area contributed by atoms with Gasteiger partial charge < -0.3 is 29.2 Å². The Kier molecular flexibility index (Phi) is 13.2. The average Bonchev–Trinajstić information content (AvgIpc) is 3.26. The number of aliphatic hydroxyl groups is 1. The first-order valence-corrected chi connectivity index (χ1v) is 15.4. The second-order valence-corrected chi connectivity index (χ2v) is 11.4. The van der Waals surface area contributed by atoms with E-state index < -0.39 is 12.1 Å². The van der Waals surface area contributed by atoms with Gasteiger partial charge >= 0.3 is 5.97 Å². The van der Waals surface area contributed by atoms with Crippen LogP contribution in [0, 0.1) is 11.8 Å². The van der Waals surface area contributed by atoms with E-state index in [1.807, 2.05) is 12.1 Å². The number of aliphatic carboxylic acids is 1. The summed E-state index contributed by atoms with van der Waals surface area (Å²) in [5, 5.41) is 20.0. The molecule has 4 rings (SSSR count). The predicted octanol–water partition coefficient (Wildman–Crippen LogP) is 6.20. The Bertz CT molecular complexity index is 905. The second kappa shape index (κ2) is 17.0. The number of benzene rings is 1. The molecule has 2 saturated heterocycles. The molecular formula is C33H48O7. The van der Waals surface area contributed by atoms with E-state index in [-0.39, 0.29) is 43.0 Å². The van der Waals surface area contributed by atoms with Gasteiger partial charge in [0.1, 0.15) is 0 Å². The van der Waals surface area contributed by atoms with E-state index in [2.05, 4.69) is 42.5 Å². The second-order valence-electron chi connectivity index (χ2n) is 11.4. The number of ether oxygens (including phenoxy) is 4. The van der Waals surface area contributed by atoms with Gasteiger partial charge in [-0.3, -0.25) is 4.79 Å². The highest BCUT2D eigenvalue weighted by molar-refractivity contribution is 5.66. The molecule has 7 heteroatoms. The van der Waals surface area contributed by atoms with Crippen molar-refractivity contribution in [1.29, 1.82) is 0 Å². The zero-order chi connectivity index (χ0) is 28.0. The summed E-state index contributed by atoms with van der Waals surface area (Å²) in [6, 6.07) is 10.5. The van der Waals surface area contributed by atoms with Crippen molar-refractivity contribution in [3.8, 4) is 0 Å². The lowest BCUT2D eigenvalue weighted by Crippen LogP contribution is -2.31. The summed E-state index contributed by atoms with van der Waals surface area (Å²) in [5.41, 5.74) is 1.28. The van der Waals surface area contributed by atoms with Crippen molar-refractivity contribution in [3.63, 3.8) is 0 Å². The Morgan fingerprint density at radius 1 is 1.02 bits per heavy atom. The maximum atomic E-state index is 11.1. The van der Waals surface area contributed by atoms with Crippen LogP contribution in [0.15, 0.2) is 54.6 Å². The van der Waals surface area contributed by atoms with Gasteiger partial charge in [-0.05, 0) is 82.1 Å².